The van der Waals surface area contributed by atoms with Crippen molar-refractivity contribution in [3.05, 3.63) is 168 Å². The minimum atomic E-state index is -0.00116. The number of aliphatic hydroxyl groups is 2. The van der Waals surface area contributed by atoms with Crippen LogP contribution in [0.1, 0.15) is 22.3 Å². The maximum absolute atomic E-state index is 9.53. The van der Waals surface area contributed by atoms with Crippen LogP contribution in [0.3, 0.4) is 0 Å². The van der Waals surface area contributed by atoms with E-state index in [1.54, 1.807) is 14.2 Å². The Morgan fingerprint density at radius 1 is 0.396 bits per heavy atom. The van der Waals surface area contributed by atoms with E-state index in [1.807, 2.05) is 72.8 Å². The fraction of sp³-hybridized carbons (Fsp3) is 0.0952. The molecule has 0 unspecified atom stereocenters. The standard InChI is InChI=1S/C42H38N2O4/c1-47-41-25-21-39(22-26-41)44(40-23-27-42(48-2)28-24-40)36-15-7-32(8-16-36)4-3-31-5-13-35(14-6-31)43(37-17-9-33(29-45)10-18-37)38-19-11-34(30-46)12-20-38/h3-28,45-46H,29-30H2,1-2H3/b4-3+. The second kappa shape index (κ2) is 15.2. The van der Waals surface area contributed by atoms with E-state index in [1.165, 1.54) is 0 Å². The van der Waals surface area contributed by atoms with Gasteiger partial charge in [0.1, 0.15) is 11.5 Å². The summed E-state index contributed by atoms with van der Waals surface area (Å²) in [7, 11) is 3.34. The number of benzene rings is 6. The topological polar surface area (TPSA) is 65.4 Å². The van der Waals surface area contributed by atoms with Gasteiger partial charge in [0, 0.05) is 34.1 Å². The van der Waals surface area contributed by atoms with Crippen molar-refractivity contribution < 1.29 is 19.7 Å². The van der Waals surface area contributed by atoms with Crippen molar-refractivity contribution in [1.82, 2.24) is 0 Å². The van der Waals surface area contributed by atoms with Crippen molar-refractivity contribution in [1.29, 1.82) is 0 Å². The average molecular weight is 635 g/mol. The quantitative estimate of drug-likeness (QED) is 0.131. The number of aliphatic hydroxyl groups excluding tert-OH is 2. The summed E-state index contributed by atoms with van der Waals surface area (Å²) < 4.78 is 10.8. The summed E-state index contributed by atoms with van der Waals surface area (Å²) in [5, 5.41) is 19.1. The Balaban J connectivity index is 1.23. The molecule has 0 heterocycles. The number of hydrogen-bond donors (Lipinski definition) is 2. The van der Waals surface area contributed by atoms with Gasteiger partial charge in [-0.05, 0) is 119 Å². The summed E-state index contributed by atoms with van der Waals surface area (Å²) in [6.07, 6.45) is 4.23. The van der Waals surface area contributed by atoms with Gasteiger partial charge in [0.25, 0.3) is 0 Å². The molecule has 0 aliphatic rings. The zero-order valence-electron chi connectivity index (χ0n) is 27.0. The Morgan fingerprint density at radius 2 is 0.646 bits per heavy atom. The van der Waals surface area contributed by atoms with E-state index in [9.17, 15) is 10.2 Å². The summed E-state index contributed by atoms with van der Waals surface area (Å²) in [6.45, 7) is -0.00232. The maximum atomic E-state index is 9.53. The highest BCUT2D eigenvalue weighted by molar-refractivity contribution is 5.80. The fourth-order valence-electron chi connectivity index (χ4n) is 5.52. The molecule has 0 spiro atoms. The molecule has 0 atom stereocenters. The van der Waals surface area contributed by atoms with Gasteiger partial charge in [-0.1, -0.05) is 60.7 Å². The lowest BCUT2D eigenvalue weighted by Gasteiger charge is -2.26. The second-order valence-corrected chi connectivity index (χ2v) is 11.2. The molecule has 0 saturated carbocycles. The molecule has 2 N–H and O–H groups in total. The van der Waals surface area contributed by atoms with Crippen LogP contribution in [-0.4, -0.2) is 24.4 Å². The SMILES string of the molecule is COc1ccc(N(c2ccc(/C=C/c3ccc(N(c4ccc(CO)cc4)c4ccc(CO)cc4)cc3)cc2)c2ccc(OC)cc2)cc1. The molecule has 0 aliphatic heterocycles. The van der Waals surface area contributed by atoms with Crippen LogP contribution in [0.5, 0.6) is 11.5 Å². The molecule has 0 aliphatic carbocycles. The number of nitrogens with zero attached hydrogens (tertiary/aromatic N) is 2. The van der Waals surface area contributed by atoms with E-state index >= 15 is 0 Å². The number of ether oxygens (including phenoxy) is 2. The molecular formula is C42H38N2O4. The highest BCUT2D eigenvalue weighted by atomic mass is 16.5. The van der Waals surface area contributed by atoms with E-state index in [0.29, 0.717) is 0 Å². The Hall–Kier alpha value is -5.82. The van der Waals surface area contributed by atoms with Crippen LogP contribution in [0.25, 0.3) is 12.2 Å². The molecular weight excluding hydrogens is 596 g/mol. The molecule has 6 rings (SSSR count). The van der Waals surface area contributed by atoms with E-state index in [4.69, 9.17) is 9.47 Å². The Kier molecular flexibility index (Phi) is 10.2. The first-order valence-electron chi connectivity index (χ1n) is 15.7. The molecule has 0 aromatic heterocycles. The lowest BCUT2D eigenvalue weighted by molar-refractivity contribution is 0.281. The molecule has 0 fully saturated rings. The number of methoxy groups -OCH3 is 2. The predicted molar refractivity (Wildman–Crippen MR) is 196 cm³/mol. The first-order valence-corrected chi connectivity index (χ1v) is 15.7. The first kappa shape index (κ1) is 32.1. The summed E-state index contributed by atoms with van der Waals surface area (Å²) in [5.74, 6) is 1.62. The van der Waals surface area contributed by atoms with Gasteiger partial charge in [-0.25, -0.2) is 0 Å². The van der Waals surface area contributed by atoms with Crippen LogP contribution in [-0.2, 0) is 13.2 Å². The highest BCUT2D eigenvalue weighted by Gasteiger charge is 2.14. The zero-order chi connectivity index (χ0) is 33.3. The average Bonchev–Trinajstić information content (AvgIpc) is 3.16. The van der Waals surface area contributed by atoms with E-state index < -0.39 is 0 Å². The third-order valence-electron chi connectivity index (χ3n) is 8.19. The Morgan fingerprint density at radius 3 is 0.896 bits per heavy atom. The summed E-state index contributed by atoms with van der Waals surface area (Å²) in [5.41, 5.74) is 9.91. The van der Waals surface area contributed by atoms with Gasteiger partial charge >= 0.3 is 0 Å². The lowest BCUT2D eigenvalue weighted by Crippen LogP contribution is -2.10. The monoisotopic (exact) mass is 634 g/mol. The Bertz CT molecular complexity index is 1680. The third kappa shape index (κ3) is 7.42. The Labute approximate surface area is 282 Å². The van der Waals surface area contributed by atoms with Crippen molar-refractivity contribution in [2.45, 2.75) is 13.2 Å². The van der Waals surface area contributed by atoms with Crippen molar-refractivity contribution in [3.63, 3.8) is 0 Å². The van der Waals surface area contributed by atoms with Gasteiger partial charge in [0.2, 0.25) is 0 Å². The molecule has 6 aromatic rings. The van der Waals surface area contributed by atoms with E-state index in [2.05, 4.69) is 94.7 Å². The van der Waals surface area contributed by atoms with Gasteiger partial charge in [0.05, 0.1) is 27.4 Å². The normalized spacial score (nSPS) is 11.0. The summed E-state index contributed by atoms with van der Waals surface area (Å²) in [6, 6.07) is 48.7. The minimum absolute atomic E-state index is 0.00116. The molecule has 240 valence electrons. The van der Waals surface area contributed by atoms with Crippen LogP contribution in [0.4, 0.5) is 34.1 Å². The van der Waals surface area contributed by atoms with Crippen LogP contribution in [0, 0.1) is 0 Å². The maximum Gasteiger partial charge on any atom is 0.119 e. The molecule has 6 aromatic carbocycles. The van der Waals surface area contributed by atoms with Gasteiger partial charge in [-0.2, -0.15) is 0 Å². The van der Waals surface area contributed by atoms with Crippen molar-refractivity contribution in [3.8, 4) is 11.5 Å². The van der Waals surface area contributed by atoms with E-state index in [-0.39, 0.29) is 13.2 Å². The van der Waals surface area contributed by atoms with Gasteiger partial charge in [0.15, 0.2) is 0 Å². The van der Waals surface area contributed by atoms with Crippen LogP contribution >= 0.6 is 0 Å². The zero-order valence-corrected chi connectivity index (χ0v) is 27.0. The molecule has 0 radical (unpaired) electrons. The molecule has 0 bridgehead atoms. The van der Waals surface area contributed by atoms with Crippen LogP contribution < -0.4 is 19.3 Å². The largest absolute Gasteiger partial charge is 0.497 e. The third-order valence-corrected chi connectivity index (χ3v) is 8.19. The lowest BCUT2D eigenvalue weighted by atomic mass is 10.1. The van der Waals surface area contributed by atoms with Crippen LogP contribution in [0.2, 0.25) is 0 Å². The first-order chi connectivity index (χ1) is 23.6. The van der Waals surface area contributed by atoms with Crippen molar-refractivity contribution in [2.75, 3.05) is 24.0 Å². The molecule has 0 saturated heterocycles. The fourth-order valence-corrected chi connectivity index (χ4v) is 5.52. The van der Waals surface area contributed by atoms with Gasteiger partial charge < -0.3 is 29.5 Å². The smallest absolute Gasteiger partial charge is 0.119 e. The highest BCUT2D eigenvalue weighted by Crippen LogP contribution is 2.37. The predicted octanol–water partition coefficient (Wildman–Crippen LogP) is 9.80. The minimum Gasteiger partial charge on any atom is -0.497 e. The molecule has 6 heteroatoms. The summed E-state index contributed by atoms with van der Waals surface area (Å²) >= 11 is 0. The number of hydrogen-bond acceptors (Lipinski definition) is 6. The van der Waals surface area contributed by atoms with Gasteiger partial charge in [-0.15, -0.1) is 0 Å². The number of anilines is 6. The second-order valence-electron chi connectivity index (χ2n) is 11.2. The van der Waals surface area contributed by atoms with Gasteiger partial charge in [-0.3, -0.25) is 0 Å². The van der Waals surface area contributed by atoms with Crippen molar-refractivity contribution >= 4 is 46.3 Å². The molecule has 48 heavy (non-hydrogen) atoms. The molecule has 6 nitrogen and oxygen atoms in total. The number of rotatable bonds is 12. The van der Waals surface area contributed by atoms with E-state index in [0.717, 1.165) is 67.9 Å². The summed E-state index contributed by atoms with van der Waals surface area (Å²) in [4.78, 5) is 4.36. The molecule has 0 amide bonds. The van der Waals surface area contributed by atoms with Crippen molar-refractivity contribution in [2.24, 2.45) is 0 Å². The van der Waals surface area contributed by atoms with Crippen LogP contribution in [0.15, 0.2) is 146 Å².